The third-order valence-corrected chi connectivity index (χ3v) is 4.09. The van der Waals surface area contributed by atoms with Crippen molar-refractivity contribution in [3.8, 4) is 17.2 Å². The molecule has 2 N–H and O–H groups in total. The van der Waals surface area contributed by atoms with Crippen LogP contribution in [-0.4, -0.2) is 50.7 Å². The summed E-state index contributed by atoms with van der Waals surface area (Å²) in [6.45, 7) is 3.37. The molecule has 10 nitrogen and oxygen atoms in total. The van der Waals surface area contributed by atoms with Crippen LogP contribution in [0.4, 0.5) is 14.0 Å². The molecule has 0 saturated heterocycles. The summed E-state index contributed by atoms with van der Waals surface area (Å²) >= 11 is 0. The second kappa shape index (κ2) is 13.6. The van der Waals surface area contributed by atoms with E-state index in [1.54, 1.807) is 13.8 Å². The topological polar surface area (TPSA) is 133 Å². The Kier molecular flexibility index (Phi) is 10.6. The molecule has 0 aliphatic carbocycles. The summed E-state index contributed by atoms with van der Waals surface area (Å²) in [5, 5.41) is 0. The van der Waals surface area contributed by atoms with Gasteiger partial charge in [0.05, 0.1) is 13.2 Å². The number of esters is 1. The highest BCUT2D eigenvalue weighted by Crippen LogP contribution is 2.30. The van der Waals surface area contributed by atoms with Gasteiger partial charge in [-0.1, -0.05) is 6.07 Å². The molecular formula is C23H26FNO9. The molecule has 0 amide bonds. The SMILES string of the molecule is CCOC(=O)Oc1ccc(C[C@H](N)C(=O)OCCOc2ccc(F)cc2)cc1OC(=O)OCC. The molecule has 0 radical (unpaired) electrons. The average molecular weight is 479 g/mol. The molecule has 0 aliphatic heterocycles. The molecule has 0 bridgehead atoms. The molecule has 0 aromatic heterocycles. The standard InChI is InChI=1S/C23H26FNO9/c1-3-29-22(27)33-19-10-5-15(14-20(19)34-23(28)30-4-2)13-18(25)21(26)32-12-11-31-17-8-6-16(24)7-9-17/h5-10,14,18H,3-4,11-13,25H2,1-2H3/t18-/m0/s1. The number of carbonyl (C=O) groups excluding carboxylic acids is 3. The molecule has 0 unspecified atom stereocenters. The fourth-order valence-corrected chi connectivity index (χ4v) is 2.59. The second-order valence-electron chi connectivity index (χ2n) is 6.63. The summed E-state index contributed by atoms with van der Waals surface area (Å²) < 4.78 is 42.9. The second-order valence-corrected chi connectivity index (χ2v) is 6.63. The van der Waals surface area contributed by atoms with Crippen LogP contribution in [0.5, 0.6) is 17.2 Å². The molecule has 0 aliphatic rings. The van der Waals surface area contributed by atoms with E-state index in [0.29, 0.717) is 11.3 Å². The summed E-state index contributed by atoms with van der Waals surface area (Å²) in [4.78, 5) is 35.6. The number of benzene rings is 2. The lowest BCUT2D eigenvalue weighted by atomic mass is 10.1. The maximum absolute atomic E-state index is 12.9. The first-order valence-corrected chi connectivity index (χ1v) is 10.4. The Labute approximate surface area is 195 Å². The minimum Gasteiger partial charge on any atom is -0.490 e. The minimum atomic E-state index is -1.03. The van der Waals surface area contributed by atoms with Gasteiger partial charge in [0.1, 0.15) is 30.8 Å². The quantitative estimate of drug-likeness (QED) is 0.221. The third kappa shape index (κ3) is 8.94. The van der Waals surface area contributed by atoms with Crippen molar-refractivity contribution in [1.82, 2.24) is 0 Å². The van der Waals surface area contributed by atoms with E-state index >= 15 is 0 Å². The van der Waals surface area contributed by atoms with Gasteiger partial charge in [0.25, 0.3) is 0 Å². The van der Waals surface area contributed by atoms with E-state index in [4.69, 9.17) is 34.2 Å². The predicted molar refractivity (Wildman–Crippen MR) is 116 cm³/mol. The third-order valence-electron chi connectivity index (χ3n) is 4.09. The molecule has 0 heterocycles. The van der Waals surface area contributed by atoms with Crippen molar-refractivity contribution >= 4 is 18.3 Å². The normalized spacial score (nSPS) is 11.2. The van der Waals surface area contributed by atoms with E-state index in [-0.39, 0.29) is 50.2 Å². The van der Waals surface area contributed by atoms with E-state index in [1.165, 1.54) is 42.5 Å². The number of halogens is 1. The number of nitrogens with two attached hydrogens (primary N) is 1. The van der Waals surface area contributed by atoms with E-state index in [9.17, 15) is 18.8 Å². The van der Waals surface area contributed by atoms with Gasteiger partial charge < -0.3 is 34.2 Å². The maximum atomic E-state index is 12.9. The fraction of sp³-hybridized carbons (Fsp3) is 0.348. The number of hydrogen-bond donors (Lipinski definition) is 1. The smallest absolute Gasteiger partial charge is 0.490 e. The van der Waals surface area contributed by atoms with Crippen molar-refractivity contribution in [2.45, 2.75) is 26.3 Å². The zero-order chi connectivity index (χ0) is 24.9. The van der Waals surface area contributed by atoms with Crippen LogP contribution >= 0.6 is 0 Å². The first kappa shape index (κ1) is 26.4. The van der Waals surface area contributed by atoms with Crippen LogP contribution in [0, 0.1) is 5.82 Å². The van der Waals surface area contributed by atoms with Crippen molar-refractivity contribution in [3.63, 3.8) is 0 Å². The number of hydrogen-bond acceptors (Lipinski definition) is 10. The Morgan fingerprint density at radius 2 is 1.47 bits per heavy atom. The van der Waals surface area contributed by atoms with Crippen LogP contribution in [-0.2, 0) is 25.4 Å². The average Bonchev–Trinajstić information content (AvgIpc) is 2.79. The van der Waals surface area contributed by atoms with Gasteiger partial charge in [-0.2, -0.15) is 0 Å². The van der Waals surface area contributed by atoms with Crippen LogP contribution in [0.2, 0.25) is 0 Å². The first-order chi connectivity index (χ1) is 16.3. The Hall–Kier alpha value is -3.86. The van der Waals surface area contributed by atoms with Gasteiger partial charge in [0, 0.05) is 0 Å². The number of rotatable bonds is 11. The molecule has 1 atom stereocenters. The minimum absolute atomic E-state index is 0.0382. The Bertz CT molecular complexity index is 965. The van der Waals surface area contributed by atoms with Gasteiger partial charge >= 0.3 is 18.3 Å². The molecule has 0 spiro atoms. The van der Waals surface area contributed by atoms with Crippen LogP contribution < -0.4 is 19.9 Å². The number of ether oxygens (including phenoxy) is 6. The zero-order valence-electron chi connectivity index (χ0n) is 18.8. The van der Waals surface area contributed by atoms with Crippen molar-refractivity contribution in [2.75, 3.05) is 26.4 Å². The van der Waals surface area contributed by atoms with Gasteiger partial charge in [-0.25, -0.2) is 14.0 Å². The van der Waals surface area contributed by atoms with Crippen LogP contribution in [0.1, 0.15) is 19.4 Å². The van der Waals surface area contributed by atoms with Gasteiger partial charge in [-0.15, -0.1) is 0 Å². The molecular weight excluding hydrogens is 453 g/mol. The highest BCUT2D eigenvalue weighted by Gasteiger charge is 2.20. The Morgan fingerprint density at radius 3 is 2.09 bits per heavy atom. The predicted octanol–water partition coefficient (Wildman–Crippen LogP) is 3.39. The lowest BCUT2D eigenvalue weighted by Gasteiger charge is -2.14. The van der Waals surface area contributed by atoms with Gasteiger partial charge in [0.2, 0.25) is 0 Å². The summed E-state index contributed by atoms with van der Waals surface area (Å²) in [6.07, 6.45) is -1.94. The Balaban J connectivity index is 1.94. The molecule has 34 heavy (non-hydrogen) atoms. The van der Waals surface area contributed by atoms with E-state index < -0.39 is 24.3 Å². The first-order valence-electron chi connectivity index (χ1n) is 10.4. The largest absolute Gasteiger partial charge is 0.513 e. The summed E-state index contributed by atoms with van der Waals surface area (Å²) in [5.74, 6) is -0.828. The molecule has 2 rings (SSSR count). The van der Waals surface area contributed by atoms with E-state index in [1.807, 2.05) is 0 Å². The van der Waals surface area contributed by atoms with Crippen molar-refractivity contribution in [1.29, 1.82) is 0 Å². The summed E-state index contributed by atoms with van der Waals surface area (Å²) in [7, 11) is 0. The van der Waals surface area contributed by atoms with E-state index in [2.05, 4.69) is 0 Å². The highest BCUT2D eigenvalue weighted by molar-refractivity contribution is 5.76. The maximum Gasteiger partial charge on any atom is 0.513 e. The van der Waals surface area contributed by atoms with Crippen molar-refractivity contribution in [3.05, 3.63) is 53.8 Å². The highest BCUT2D eigenvalue weighted by atomic mass is 19.1. The summed E-state index contributed by atoms with van der Waals surface area (Å²) in [6, 6.07) is 8.67. The lowest BCUT2D eigenvalue weighted by molar-refractivity contribution is -0.145. The molecule has 2 aromatic rings. The van der Waals surface area contributed by atoms with Crippen LogP contribution in [0.3, 0.4) is 0 Å². The zero-order valence-corrected chi connectivity index (χ0v) is 18.8. The Morgan fingerprint density at radius 1 is 0.853 bits per heavy atom. The van der Waals surface area contributed by atoms with Crippen LogP contribution in [0.15, 0.2) is 42.5 Å². The van der Waals surface area contributed by atoms with Gasteiger partial charge in [0.15, 0.2) is 11.5 Å². The molecule has 0 saturated carbocycles. The van der Waals surface area contributed by atoms with Gasteiger partial charge in [-0.05, 0) is 62.2 Å². The number of carbonyl (C=O) groups is 3. The lowest BCUT2D eigenvalue weighted by Crippen LogP contribution is -2.35. The van der Waals surface area contributed by atoms with Gasteiger partial charge in [-0.3, -0.25) is 4.79 Å². The molecule has 0 fully saturated rings. The molecule has 11 heteroatoms. The summed E-state index contributed by atoms with van der Waals surface area (Å²) in [5.41, 5.74) is 6.42. The molecule has 2 aromatic carbocycles. The fourth-order valence-electron chi connectivity index (χ4n) is 2.59. The van der Waals surface area contributed by atoms with Crippen molar-refractivity contribution in [2.24, 2.45) is 5.73 Å². The van der Waals surface area contributed by atoms with Crippen LogP contribution in [0.25, 0.3) is 0 Å². The monoisotopic (exact) mass is 479 g/mol. The van der Waals surface area contributed by atoms with E-state index in [0.717, 1.165) is 0 Å². The van der Waals surface area contributed by atoms with Crippen molar-refractivity contribution < 1.29 is 47.2 Å². The molecule has 184 valence electrons.